The summed E-state index contributed by atoms with van der Waals surface area (Å²) < 4.78 is 0. The average Bonchev–Trinajstić information content (AvgIpc) is 2.59. The predicted molar refractivity (Wildman–Crippen MR) is 105 cm³/mol. The highest BCUT2D eigenvalue weighted by Gasteiger charge is 2.26. The lowest BCUT2D eigenvalue weighted by atomic mass is 9.86. The molecule has 2 heterocycles. The van der Waals surface area contributed by atoms with E-state index in [0.29, 0.717) is 13.1 Å². The summed E-state index contributed by atoms with van der Waals surface area (Å²) in [5.41, 5.74) is 4.18. The van der Waals surface area contributed by atoms with E-state index in [9.17, 15) is 4.79 Å². The maximum absolute atomic E-state index is 13.0. The summed E-state index contributed by atoms with van der Waals surface area (Å²) in [6, 6.07) is 8.00. The number of aryl methyl sites for hydroxylation is 1. The van der Waals surface area contributed by atoms with E-state index >= 15 is 0 Å². The molecule has 1 aromatic heterocycles. The molecule has 3 rings (SSSR count). The molecular formula is C21H28N4O. The van der Waals surface area contributed by atoms with Crippen molar-refractivity contribution in [3.05, 3.63) is 52.5 Å². The van der Waals surface area contributed by atoms with Crippen molar-refractivity contribution in [2.45, 2.75) is 46.1 Å². The molecule has 26 heavy (non-hydrogen) atoms. The van der Waals surface area contributed by atoms with E-state index in [1.807, 2.05) is 43.0 Å². The highest BCUT2D eigenvalue weighted by molar-refractivity contribution is 5.94. The summed E-state index contributed by atoms with van der Waals surface area (Å²) in [6.45, 7) is 9.70. The van der Waals surface area contributed by atoms with Crippen LogP contribution in [0.15, 0.2) is 24.3 Å². The Kier molecular flexibility index (Phi) is 4.74. The summed E-state index contributed by atoms with van der Waals surface area (Å²) in [4.78, 5) is 26.0. The van der Waals surface area contributed by atoms with E-state index in [2.05, 4.69) is 42.9 Å². The minimum Gasteiger partial charge on any atom is -0.362 e. The van der Waals surface area contributed by atoms with E-state index in [1.165, 1.54) is 5.56 Å². The Hall–Kier alpha value is -2.43. The number of fused-ring (bicyclic) bond motifs is 1. The van der Waals surface area contributed by atoms with Crippen LogP contribution in [0.1, 0.15) is 53.8 Å². The molecule has 1 aliphatic rings. The van der Waals surface area contributed by atoms with Crippen LogP contribution in [0.5, 0.6) is 0 Å². The highest BCUT2D eigenvalue weighted by atomic mass is 16.2. The monoisotopic (exact) mass is 352 g/mol. The topological polar surface area (TPSA) is 49.3 Å². The first-order valence-electron chi connectivity index (χ1n) is 9.10. The number of anilines is 1. The molecular weight excluding hydrogens is 324 g/mol. The Morgan fingerprint density at radius 3 is 2.35 bits per heavy atom. The number of rotatable bonds is 2. The summed E-state index contributed by atoms with van der Waals surface area (Å²) in [6.07, 6.45) is 0.769. The van der Waals surface area contributed by atoms with Gasteiger partial charge in [-0.3, -0.25) is 4.79 Å². The molecule has 1 amide bonds. The van der Waals surface area contributed by atoms with Gasteiger partial charge in [0.05, 0.1) is 12.2 Å². The summed E-state index contributed by atoms with van der Waals surface area (Å²) in [5.74, 6) is 1.76. The summed E-state index contributed by atoms with van der Waals surface area (Å²) in [7, 11) is 3.96. The van der Waals surface area contributed by atoms with Crippen molar-refractivity contribution in [1.82, 2.24) is 14.9 Å². The molecule has 0 aliphatic carbocycles. The molecule has 5 heteroatoms. The minimum atomic E-state index is 0.0707. The highest BCUT2D eigenvalue weighted by Crippen LogP contribution is 2.27. The van der Waals surface area contributed by atoms with Crippen LogP contribution >= 0.6 is 0 Å². The van der Waals surface area contributed by atoms with E-state index in [1.54, 1.807) is 0 Å². The number of amides is 1. The molecule has 0 spiro atoms. The fraction of sp³-hybridized carbons (Fsp3) is 0.476. The van der Waals surface area contributed by atoms with Gasteiger partial charge in [0.2, 0.25) is 0 Å². The Bertz CT molecular complexity index is 819. The lowest BCUT2D eigenvalue weighted by Gasteiger charge is -2.31. The van der Waals surface area contributed by atoms with Crippen molar-refractivity contribution in [3.8, 4) is 0 Å². The molecule has 0 bridgehead atoms. The molecule has 138 valence electrons. The Labute approximate surface area is 156 Å². The van der Waals surface area contributed by atoms with E-state index < -0.39 is 0 Å². The van der Waals surface area contributed by atoms with E-state index in [-0.39, 0.29) is 11.3 Å². The van der Waals surface area contributed by atoms with Gasteiger partial charge in [0.1, 0.15) is 11.6 Å². The molecule has 0 N–H and O–H groups in total. The Morgan fingerprint density at radius 2 is 1.77 bits per heavy atom. The molecule has 0 saturated heterocycles. The zero-order chi connectivity index (χ0) is 19.1. The van der Waals surface area contributed by atoms with Gasteiger partial charge in [-0.2, -0.15) is 0 Å². The molecule has 2 aromatic rings. The number of aromatic nitrogens is 2. The standard InChI is InChI=1S/C21H28N4O/c1-14-22-18-11-12-25(13-17(18)19(23-14)24(5)6)20(26)15-7-9-16(10-8-15)21(2,3)4/h7-10H,11-13H2,1-6H3. The van der Waals surface area contributed by atoms with E-state index in [4.69, 9.17) is 0 Å². The third-order valence-corrected chi connectivity index (χ3v) is 4.86. The maximum Gasteiger partial charge on any atom is 0.254 e. The van der Waals surface area contributed by atoms with Crippen molar-refractivity contribution >= 4 is 11.7 Å². The van der Waals surface area contributed by atoms with Gasteiger partial charge in [0, 0.05) is 38.2 Å². The normalized spacial score (nSPS) is 14.2. The van der Waals surface area contributed by atoms with Crippen LogP contribution in [-0.2, 0) is 18.4 Å². The number of hydrogen-bond acceptors (Lipinski definition) is 4. The Balaban J connectivity index is 1.85. The van der Waals surface area contributed by atoms with Gasteiger partial charge in [0.25, 0.3) is 5.91 Å². The predicted octanol–water partition coefficient (Wildman–Crippen LogP) is 3.35. The van der Waals surface area contributed by atoms with Gasteiger partial charge < -0.3 is 9.80 Å². The first-order valence-corrected chi connectivity index (χ1v) is 9.10. The van der Waals surface area contributed by atoms with Crippen LogP contribution in [0, 0.1) is 6.92 Å². The third-order valence-electron chi connectivity index (χ3n) is 4.86. The van der Waals surface area contributed by atoms with Crippen LogP contribution in [0.3, 0.4) is 0 Å². The second-order valence-corrected chi connectivity index (χ2v) is 8.22. The molecule has 5 nitrogen and oxygen atoms in total. The molecule has 1 aliphatic heterocycles. The fourth-order valence-electron chi connectivity index (χ4n) is 3.36. The largest absolute Gasteiger partial charge is 0.362 e. The third kappa shape index (κ3) is 3.57. The molecule has 1 aromatic carbocycles. The van der Waals surface area contributed by atoms with Gasteiger partial charge in [-0.05, 0) is 30.0 Å². The minimum absolute atomic E-state index is 0.0707. The van der Waals surface area contributed by atoms with Crippen molar-refractivity contribution in [2.24, 2.45) is 0 Å². The first-order chi connectivity index (χ1) is 12.2. The second-order valence-electron chi connectivity index (χ2n) is 8.22. The first kappa shape index (κ1) is 18.4. The smallest absolute Gasteiger partial charge is 0.254 e. The molecule has 0 unspecified atom stereocenters. The van der Waals surface area contributed by atoms with Crippen LogP contribution < -0.4 is 4.90 Å². The van der Waals surface area contributed by atoms with Crippen molar-refractivity contribution < 1.29 is 4.79 Å². The van der Waals surface area contributed by atoms with Gasteiger partial charge in [-0.25, -0.2) is 9.97 Å². The quantitative estimate of drug-likeness (QED) is 0.832. The van der Waals surface area contributed by atoms with Crippen molar-refractivity contribution in [1.29, 1.82) is 0 Å². The summed E-state index contributed by atoms with van der Waals surface area (Å²) in [5, 5.41) is 0. The van der Waals surface area contributed by atoms with Crippen LogP contribution in [0.4, 0.5) is 5.82 Å². The van der Waals surface area contributed by atoms with Gasteiger partial charge in [-0.1, -0.05) is 32.9 Å². The molecule has 0 saturated carbocycles. The fourth-order valence-corrected chi connectivity index (χ4v) is 3.36. The second kappa shape index (κ2) is 6.71. The van der Waals surface area contributed by atoms with Gasteiger partial charge in [-0.15, -0.1) is 0 Å². The zero-order valence-corrected chi connectivity index (χ0v) is 16.6. The van der Waals surface area contributed by atoms with Crippen molar-refractivity contribution in [3.63, 3.8) is 0 Å². The van der Waals surface area contributed by atoms with Gasteiger partial charge >= 0.3 is 0 Å². The lowest BCUT2D eigenvalue weighted by molar-refractivity contribution is 0.0733. The van der Waals surface area contributed by atoms with Crippen LogP contribution in [0.2, 0.25) is 0 Å². The number of nitrogens with zero attached hydrogens (tertiary/aromatic N) is 4. The number of carbonyl (C=O) groups excluding carboxylic acids is 1. The number of carbonyl (C=O) groups is 1. The maximum atomic E-state index is 13.0. The van der Waals surface area contributed by atoms with Gasteiger partial charge in [0.15, 0.2) is 0 Å². The Morgan fingerprint density at radius 1 is 1.12 bits per heavy atom. The average molecular weight is 352 g/mol. The molecule has 0 radical (unpaired) electrons. The van der Waals surface area contributed by atoms with Crippen LogP contribution in [0.25, 0.3) is 0 Å². The van der Waals surface area contributed by atoms with Crippen molar-refractivity contribution in [2.75, 3.05) is 25.5 Å². The SMILES string of the molecule is Cc1nc2c(c(N(C)C)n1)CN(C(=O)c1ccc(C(C)(C)C)cc1)CC2. The molecule has 0 atom stereocenters. The lowest BCUT2D eigenvalue weighted by Crippen LogP contribution is -2.37. The van der Waals surface area contributed by atoms with E-state index in [0.717, 1.165) is 34.9 Å². The summed E-state index contributed by atoms with van der Waals surface area (Å²) >= 11 is 0. The zero-order valence-electron chi connectivity index (χ0n) is 16.6. The molecule has 0 fully saturated rings. The van der Waals surface area contributed by atoms with Crippen LogP contribution in [-0.4, -0.2) is 41.4 Å². The number of hydrogen-bond donors (Lipinski definition) is 0. The number of benzene rings is 1.